The normalized spacial score (nSPS) is 11.3. The first-order valence-corrected chi connectivity index (χ1v) is 7.07. The molecule has 1 aromatic carbocycles. The number of hydrogen-bond donors (Lipinski definition) is 3. The van der Waals surface area contributed by atoms with E-state index in [-0.39, 0.29) is 30.3 Å². The Morgan fingerprint density at radius 3 is 2.48 bits per heavy atom. The van der Waals surface area contributed by atoms with Crippen LogP contribution in [0.2, 0.25) is 0 Å². The Balaban J connectivity index is 0.00000484. The van der Waals surface area contributed by atoms with Gasteiger partial charge in [-0.3, -0.25) is 9.59 Å². The van der Waals surface area contributed by atoms with Crippen molar-refractivity contribution in [2.45, 2.75) is 25.8 Å². The zero-order valence-electron chi connectivity index (χ0n) is 13.1. The van der Waals surface area contributed by atoms with E-state index in [1.54, 1.807) is 0 Å². The standard InChI is InChI=1S/C15H21F2N3O2.ClH/c1-10(21)20-14(9-15(22)19-7-3-6-18-2)12-5-4-11(16)8-13(12)17;/h4-5,8,14,18H,3,6-7,9H2,1-2H3,(H,19,22)(H,20,21);1H. The van der Waals surface area contributed by atoms with Gasteiger partial charge in [-0.25, -0.2) is 8.78 Å². The minimum Gasteiger partial charge on any atom is -0.356 e. The monoisotopic (exact) mass is 349 g/mol. The van der Waals surface area contributed by atoms with Crippen LogP contribution in [0.4, 0.5) is 8.78 Å². The molecule has 1 atom stereocenters. The molecule has 0 saturated carbocycles. The summed E-state index contributed by atoms with van der Waals surface area (Å²) in [6.45, 7) is 2.53. The number of hydrogen-bond acceptors (Lipinski definition) is 3. The summed E-state index contributed by atoms with van der Waals surface area (Å²) in [6.07, 6.45) is 0.652. The van der Waals surface area contributed by atoms with Gasteiger partial charge >= 0.3 is 0 Å². The summed E-state index contributed by atoms with van der Waals surface area (Å²) in [5.74, 6) is -2.20. The molecule has 0 radical (unpaired) electrons. The maximum Gasteiger partial charge on any atom is 0.222 e. The van der Waals surface area contributed by atoms with Crippen molar-refractivity contribution in [2.24, 2.45) is 0 Å². The van der Waals surface area contributed by atoms with Gasteiger partial charge in [0.05, 0.1) is 12.5 Å². The maximum atomic E-state index is 13.8. The number of carbonyl (C=O) groups excluding carboxylic acids is 2. The molecule has 8 heteroatoms. The van der Waals surface area contributed by atoms with E-state index in [2.05, 4.69) is 16.0 Å². The van der Waals surface area contributed by atoms with Crippen LogP contribution in [-0.4, -0.2) is 32.0 Å². The molecule has 1 unspecified atom stereocenters. The van der Waals surface area contributed by atoms with E-state index in [0.29, 0.717) is 6.54 Å². The maximum absolute atomic E-state index is 13.8. The van der Waals surface area contributed by atoms with E-state index in [0.717, 1.165) is 25.1 Å². The Labute approximate surface area is 140 Å². The van der Waals surface area contributed by atoms with Crippen LogP contribution >= 0.6 is 12.4 Å². The highest BCUT2D eigenvalue weighted by Crippen LogP contribution is 2.21. The highest BCUT2D eigenvalue weighted by Gasteiger charge is 2.20. The molecule has 0 saturated heterocycles. The minimum atomic E-state index is -0.831. The molecule has 0 fully saturated rings. The molecule has 0 aliphatic heterocycles. The minimum absolute atomic E-state index is 0. The largest absolute Gasteiger partial charge is 0.356 e. The van der Waals surface area contributed by atoms with E-state index in [4.69, 9.17) is 0 Å². The Morgan fingerprint density at radius 1 is 1.22 bits per heavy atom. The molecule has 0 aromatic heterocycles. The van der Waals surface area contributed by atoms with Gasteiger partial charge in [-0.15, -0.1) is 12.4 Å². The van der Waals surface area contributed by atoms with Gasteiger partial charge in [0.1, 0.15) is 11.6 Å². The second-order valence-corrected chi connectivity index (χ2v) is 4.93. The Bertz CT molecular complexity index is 529. The summed E-state index contributed by atoms with van der Waals surface area (Å²) in [6, 6.07) is 2.23. The van der Waals surface area contributed by atoms with Gasteiger partial charge in [0, 0.05) is 25.1 Å². The van der Waals surface area contributed by atoms with Gasteiger partial charge < -0.3 is 16.0 Å². The van der Waals surface area contributed by atoms with Crippen LogP contribution in [0.15, 0.2) is 18.2 Å². The average molecular weight is 350 g/mol. The third-order valence-electron chi connectivity index (χ3n) is 3.03. The quantitative estimate of drug-likeness (QED) is 0.625. The van der Waals surface area contributed by atoms with Gasteiger partial charge in [-0.05, 0) is 26.1 Å². The molecule has 1 aromatic rings. The molecule has 3 N–H and O–H groups in total. The molecule has 0 spiro atoms. The van der Waals surface area contributed by atoms with Crippen molar-refractivity contribution in [2.75, 3.05) is 20.1 Å². The third-order valence-corrected chi connectivity index (χ3v) is 3.03. The number of carbonyl (C=O) groups is 2. The van der Waals surface area contributed by atoms with Gasteiger partial charge in [0.2, 0.25) is 11.8 Å². The van der Waals surface area contributed by atoms with Gasteiger partial charge in [0.15, 0.2) is 0 Å². The summed E-state index contributed by atoms with van der Waals surface area (Å²) in [5, 5.41) is 8.16. The molecule has 130 valence electrons. The number of benzene rings is 1. The molecular weight excluding hydrogens is 328 g/mol. The molecular formula is C15H22ClF2N3O2. The number of halogens is 3. The summed E-state index contributed by atoms with van der Waals surface area (Å²) in [7, 11) is 1.81. The van der Waals surface area contributed by atoms with Gasteiger partial charge in [-0.1, -0.05) is 6.07 Å². The fourth-order valence-corrected chi connectivity index (χ4v) is 2.02. The van der Waals surface area contributed by atoms with Crippen LogP contribution in [0.3, 0.4) is 0 Å². The lowest BCUT2D eigenvalue weighted by molar-refractivity contribution is -0.122. The third kappa shape index (κ3) is 7.90. The van der Waals surface area contributed by atoms with Crippen LogP contribution < -0.4 is 16.0 Å². The Hall–Kier alpha value is -1.73. The Morgan fingerprint density at radius 2 is 1.91 bits per heavy atom. The van der Waals surface area contributed by atoms with Crippen molar-refractivity contribution in [1.82, 2.24) is 16.0 Å². The average Bonchev–Trinajstić information content (AvgIpc) is 2.42. The topological polar surface area (TPSA) is 70.2 Å². The molecule has 0 heterocycles. The highest BCUT2D eigenvalue weighted by molar-refractivity contribution is 5.85. The summed E-state index contributed by atoms with van der Waals surface area (Å²) < 4.78 is 26.8. The van der Waals surface area contributed by atoms with E-state index >= 15 is 0 Å². The van der Waals surface area contributed by atoms with Crippen molar-refractivity contribution in [1.29, 1.82) is 0 Å². The van der Waals surface area contributed by atoms with Crippen molar-refractivity contribution in [3.8, 4) is 0 Å². The number of amides is 2. The van der Waals surface area contributed by atoms with Crippen molar-refractivity contribution >= 4 is 24.2 Å². The van der Waals surface area contributed by atoms with Crippen molar-refractivity contribution in [3.05, 3.63) is 35.4 Å². The van der Waals surface area contributed by atoms with Gasteiger partial charge in [-0.2, -0.15) is 0 Å². The smallest absolute Gasteiger partial charge is 0.222 e. The first-order chi connectivity index (χ1) is 10.4. The van der Waals surface area contributed by atoms with E-state index in [1.165, 1.54) is 13.0 Å². The lowest BCUT2D eigenvalue weighted by Gasteiger charge is -2.18. The zero-order valence-corrected chi connectivity index (χ0v) is 13.9. The fourth-order valence-electron chi connectivity index (χ4n) is 2.02. The first kappa shape index (κ1) is 21.3. The molecule has 2 amide bonds. The molecule has 0 aliphatic rings. The zero-order chi connectivity index (χ0) is 16.5. The van der Waals surface area contributed by atoms with Crippen LogP contribution in [0.5, 0.6) is 0 Å². The van der Waals surface area contributed by atoms with Crippen molar-refractivity contribution < 1.29 is 18.4 Å². The van der Waals surface area contributed by atoms with E-state index < -0.39 is 23.6 Å². The predicted octanol–water partition coefficient (Wildman–Crippen LogP) is 1.68. The van der Waals surface area contributed by atoms with Crippen LogP contribution in [-0.2, 0) is 9.59 Å². The lowest BCUT2D eigenvalue weighted by Crippen LogP contribution is -2.34. The molecule has 0 aliphatic carbocycles. The predicted molar refractivity (Wildman–Crippen MR) is 86.3 cm³/mol. The number of nitrogens with one attached hydrogen (secondary N) is 3. The molecule has 23 heavy (non-hydrogen) atoms. The highest BCUT2D eigenvalue weighted by atomic mass is 35.5. The second-order valence-electron chi connectivity index (χ2n) is 4.93. The van der Waals surface area contributed by atoms with E-state index in [1.807, 2.05) is 7.05 Å². The molecule has 1 rings (SSSR count). The summed E-state index contributed by atoms with van der Waals surface area (Å²) in [5.41, 5.74) is 0.0852. The molecule has 5 nitrogen and oxygen atoms in total. The number of rotatable bonds is 8. The fraction of sp³-hybridized carbons (Fsp3) is 0.467. The second kappa shape index (κ2) is 10.9. The lowest BCUT2D eigenvalue weighted by atomic mass is 10.0. The summed E-state index contributed by atoms with van der Waals surface area (Å²) in [4.78, 5) is 23.1. The Kier molecular flexibility index (Phi) is 10.1. The van der Waals surface area contributed by atoms with Gasteiger partial charge in [0.25, 0.3) is 0 Å². The first-order valence-electron chi connectivity index (χ1n) is 7.07. The SMILES string of the molecule is CNCCCNC(=O)CC(NC(C)=O)c1ccc(F)cc1F.Cl. The van der Waals surface area contributed by atoms with Crippen LogP contribution in [0.25, 0.3) is 0 Å². The summed E-state index contributed by atoms with van der Waals surface area (Å²) >= 11 is 0. The van der Waals surface area contributed by atoms with E-state index in [9.17, 15) is 18.4 Å². The van der Waals surface area contributed by atoms with Crippen LogP contribution in [0.1, 0.15) is 31.4 Å². The van der Waals surface area contributed by atoms with Crippen molar-refractivity contribution in [3.63, 3.8) is 0 Å². The molecule has 0 bridgehead atoms. The van der Waals surface area contributed by atoms with Crippen LogP contribution in [0, 0.1) is 11.6 Å².